The molecular formula is C20H20ClN3O2. The van der Waals surface area contributed by atoms with Gasteiger partial charge in [0.2, 0.25) is 5.91 Å². The Hall–Kier alpha value is -2.53. The Kier molecular flexibility index (Phi) is 4.11. The molecule has 3 atom stereocenters. The first-order valence-electron chi connectivity index (χ1n) is 8.66. The zero-order chi connectivity index (χ0) is 18.4. The first-order valence-corrected chi connectivity index (χ1v) is 9.04. The quantitative estimate of drug-likeness (QED) is 0.885. The number of piperazine rings is 1. The molecule has 0 aliphatic carbocycles. The second kappa shape index (κ2) is 6.32. The van der Waals surface area contributed by atoms with Crippen molar-refractivity contribution in [3.63, 3.8) is 0 Å². The molecule has 0 radical (unpaired) electrons. The molecule has 1 saturated heterocycles. The Labute approximate surface area is 157 Å². The summed E-state index contributed by atoms with van der Waals surface area (Å²) in [6, 6.07) is 14.4. The van der Waals surface area contributed by atoms with Gasteiger partial charge in [-0.15, -0.1) is 0 Å². The molecule has 2 heterocycles. The van der Waals surface area contributed by atoms with E-state index in [0.717, 1.165) is 11.3 Å². The number of hydrogen-bond acceptors (Lipinski definition) is 3. The minimum Gasteiger partial charge on any atom is -0.363 e. The fourth-order valence-corrected chi connectivity index (χ4v) is 4.14. The van der Waals surface area contributed by atoms with Gasteiger partial charge in [0, 0.05) is 17.8 Å². The van der Waals surface area contributed by atoms with Crippen molar-refractivity contribution in [1.82, 2.24) is 9.80 Å². The number of likely N-dealkylation sites (N-methyl/N-ethyl adjacent to an activating group) is 1. The second-order valence-corrected chi connectivity index (χ2v) is 7.31. The van der Waals surface area contributed by atoms with Gasteiger partial charge < -0.3 is 15.1 Å². The molecule has 6 heteroatoms. The molecule has 2 aromatic rings. The number of anilines is 1. The number of nitrogens with one attached hydrogen (secondary N) is 1. The summed E-state index contributed by atoms with van der Waals surface area (Å²) in [5, 5.41) is 4.14. The van der Waals surface area contributed by atoms with Crippen molar-refractivity contribution in [2.24, 2.45) is 0 Å². The molecule has 0 unspecified atom stereocenters. The van der Waals surface area contributed by atoms with E-state index in [2.05, 4.69) is 5.32 Å². The van der Waals surface area contributed by atoms with Crippen molar-refractivity contribution >= 4 is 29.1 Å². The van der Waals surface area contributed by atoms with Crippen LogP contribution in [0.2, 0.25) is 5.02 Å². The lowest BCUT2D eigenvalue weighted by Crippen LogP contribution is -2.70. The minimum absolute atomic E-state index is 0.0530. The van der Waals surface area contributed by atoms with Crippen molar-refractivity contribution in [2.75, 3.05) is 12.4 Å². The van der Waals surface area contributed by atoms with Gasteiger partial charge in [-0.3, -0.25) is 9.59 Å². The predicted octanol–water partition coefficient (Wildman–Crippen LogP) is 3.01. The fraction of sp³-hybridized carbons (Fsp3) is 0.300. The Bertz CT molecular complexity index is 885. The van der Waals surface area contributed by atoms with Crippen LogP contribution >= 0.6 is 11.6 Å². The molecule has 4 rings (SSSR count). The highest BCUT2D eigenvalue weighted by molar-refractivity contribution is 6.30. The van der Waals surface area contributed by atoms with E-state index in [1.165, 1.54) is 0 Å². The first-order chi connectivity index (χ1) is 12.5. The minimum atomic E-state index is -0.506. The summed E-state index contributed by atoms with van der Waals surface area (Å²) < 4.78 is 0. The van der Waals surface area contributed by atoms with E-state index in [1.54, 1.807) is 29.8 Å². The van der Waals surface area contributed by atoms with Gasteiger partial charge in [0.25, 0.3) is 5.91 Å². The summed E-state index contributed by atoms with van der Waals surface area (Å²) in [5.41, 5.74) is 2.45. The molecule has 1 fully saturated rings. The third-order valence-electron chi connectivity index (χ3n) is 5.31. The van der Waals surface area contributed by atoms with Crippen LogP contribution in [0.1, 0.15) is 22.8 Å². The van der Waals surface area contributed by atoms with E-state index in [1.807, 2.05) is 42.5 Å². The second-order valence-electron chi connectivity index (χ2n) is 6.87. The smallest absolute Gasteiger partial charge is 0.258 e. The Morgan fingerprint density at radius 1 is 1.12 bits per heavy atom. The van der Waals surface area contributed by atoms with Crippen molar-refractivity contribution in [3.8, 4) is 0 Å². The van der Waals surface area contributed by atoms with Gasteiger partial charge in [-0.05, 0) is 43.2 Å². The van der Waals surface area contributed by atoms with Crippen molar-refractivity contribution in [3.05, 3.63) is 64.7 Å². The van der Waals surface area contributed by atoms with Crippen LogP contribution in [0, 0.1) is 0 Å². The molecule has 2 aliphatic heterocycles. The molecule has 0 saturated carbocycles. The van der Waals surface area contributed by atoms with Gasteiger partial charge in [-0.25, -0.2) is 0 Å². The third kappa shape index (κ3) is 2.63. The number of hydrogen-bond donors (Lipinski definition) is 1. The summed E-state index contributed by atoms with van der Waals surface area (Å²) >= 11 is 6.12. The molecule has 2 amide bonds. The Morgan fingerprint density at radius 2 is 1.88 bits per heavy atom. The van der Waals surface area contributed by atoms with Gasteiger partial charge in [0.05, 0.1) is 11.6 Å². The van der Waals surface area contributed by atoms with E-state index in [-0.39, 0.29) is 24.0 Å². The largest absolute Gasteiger partial charge is 0.363 e. The topological polar surface area (TPSA) is 52.7 Å². The number of rotatable bonds is 2. The lowest BCUT2D eigenvalue weighted by molar-refractivity contribution is -0.144. The van der Waals surface area contributed by atoms with E-state index < -0.39 is 6.04 Å². The molecule has 0 spiro atoms. The summed E-state index contributed by atoms with van der Waals surface area (Å²) in [4.78, 5) is 29.3. The monoisotopic (exact) mass is 369 g/mol. The van der Waals surface area contributed by atoms with Crippen molar-refractivity contribution in [1.29, 1.82) is 0 Å². The van der Waals surface area contributed by atoms with Gasteiger partial charge in [-0.2, -0.15) is 0 Å². The van der Waals surface area contributed by atoms with Crippen LogP contribution in [0.25, 0.3) is 0 Å². The fourth-order valence-electron chi connectivity index (χ4n) is 3.93. The number of halogens is 1. The summed E-state index contributed by atoms with van der Waals surface area (Å²) in [7, 11) is 1.80. The lowest BCUT2D eigenvalue weighted by atomic mass is 9.93. The highest BCUT2D eigenvalue weighted by Crippen LogP contribution is 2.33. The van der Waals surface area contributed by atoms with Crippen LogP contribution in [-0.4, -0.2) is 46.9 Å². The maximum absolute atomic E-state index is 13.1. The van der Waals surface area contributed by atoms with E-state index >= 15 is 0 Å². The highest BCUT2D eigenvalue weighted by Gasteiger charge is 2.48. The SMILES string of the molecule is C[C@H]1C(=O)N(C)[C@@H](Cc2cccc(Cl)c2)[C@H]2Nc3ccccc3C(=O)N21. The van der Waals surface area contributed by atoms with Crippen LogP contribution in [0.3, 0.4) is 0 Å². The van der Waals surface area contributed by atoms with Crippen molar-refractivity contribution < 1.29 is 9.59 Å². The van der Waals surface area contributed by atoms with Crippen LogP contribution in [-0.2, 0) is 11.2 Å². The molecule has 134 valence electrons. The molecule has 0 aromatic heterocycles. The number of fused-ring (bicyclic) bond motifs is 2. The van der Waals surface area contributed by atoms with Crippen LogP contribution in [0.4, 0.5) is 5.69 Å². The normalized spacial score (nSPS) is 24.8. The molecule has 1 N–H and O–H groups in total. The highest BCUT2D eigenvalue weighted by atomic mass is 35.5. The average Bonchev–Trinajstić information content (AvgIpc) is 2.63. The maximum atomic E-state index is 13.1. The molecule has 2 aromatic carbocycles. The average molecular weight is 370 g/mol. The van der Waals surface area contributed by atoms with Crippen LogP contribution in [0.15, 0.2) is 48.5 Å². The number of benzene rings is 2. The number of para-hydroxylation sites is 1. The lowest BCUT2D eigenvalue weighted by Gasteiger charge is -2.51. The standard InChI is InChI=1S/C20H20ClN3O2/c1-12-19(25)23(2)17(11-13-6-5-7-14(21)10-13)18-22-16-9-4-3-8-15(16)20(26)24(12)18/h3-10,12,17-18,22H,11H2,1-2H3/t12-,17-,18-/m0/s1. The Morgan fingerprint density at radius 3 is 2.65 bits per heavy atom. The van der Waals surface area contributed by atoms with E-state index in [9.17, 15) is 9.59 Å². The number of carbonyl (C=O) groups excluding carboxylic acids is 2. The molecule has 26 heavy (non-hydrogen) atoms. The van der Waals surface area contributed by atoms with Gasteiger partial charge in [0.15, 0.2) is 0 Å². The number of carbonyl (C=O) groups is 2. The number of amides is 2. The number of nitrogens with zero attached hydrogens (tertiary/aromatic N) is 2. The Balaban J connectivity index is 1.74. The van der Waals surface area contributed by atoms with Crippen molar-refractivity contribution in [2.45, 2.75) is 31.6 Å². The first kappa shape index (κ1) is 16.9. The molecule has 2 aliphatic rings. The maximum Gasteiger partial charge on any atom is 0.258 e. The van der Waals surface area contributed by atoms with E-state index in [0.29, 0.717) is 17.0 Å². The summed E-state index contributed by atoms with van der Waals surface area (Å²) in [6.07, 6.45) is 0.327. The third-order valence-corrected chi connectivity index (χ3v) is 5.55. The molecule has 0 bridgehead atoms. The van der Waals surface area contributed by atoms with Crippen LogP contribution < -0.4 is 5.32 Å². The summed E-state index contributed by atoms with van der Waals surface area (Å²) in [5.74, 6) is -0.155. The molecule has 5 nitrogen and oxygen atoms in total. The molecular weight excluding hydrogens is 350 g/mol. The predicted molar refractivity (Wildman–Crippen MR) is 101 cm³/mol. The van der Waals surface area contributed by atoms with Gasteiger partial charge in [0.1, 0.15) is 12.2 Å². The van der Waals surface area contributed by atoms with Gasteiger partial charge in [-0.1, -0.05) is 35.9 Å². The van der Waals surface area contributed by atoms with E-state index in [4.69, 9.17) is 11.6 Å². The van der Waals surface area contributed by atoms with Gasteiger partial charge >= 0.3 is 0 Å². The zero-order valence-corrected chi connectivity index (χ0v) is 15.4. The summed E-state index contributed by atoms with van der Waals surface area (Å²) in [6.45, 7) is 1.79. The van der Waals surface area contributed by atoms with Crippen LogP contribution in [0.5, 0.6) is 0 Å². The zero-order valence-electron chi connectivity index (χ0n) is 14.6.